The van der Waals surface area contributed by atoms with Crippen molar-refractivity contribution in [1.82, 2.24) is 9.88 Å². The largest absolute Gasteiger partial charge is 0.370 e. The van der Waals surface area contributed by atoms with Crippen LogP contribution in [0, 0.1) is 5.92 Å². The number of hydrogen-bond acceptors (Lipinski definition) is 3. The number of nitrogens with one attached hydrogen (secondary N) is 1. The minimum absolute atomic E-state index is 0.142. The van der Waals surface area contributed by atoms with Crippen LogP contribution in [0.2, 0.25) is 0 Å². The lowest BCUT2D eigenvalue weighted by Gasteiger charge is -2.22. The van der Waals surface area contributed by atoms with Crippen LogP contribution in [0.15, 0.2) is 12.1 Å². The molecule has 116 valence electrons. The van der Waals surface area contributed by atoms with Crippen molar-refractivity contribution >= 4 is 11.7 Å². The van der Waals surface area contributed by atoms with E-state index in [-0.39, 0.29) is 5.91 Å². The van der Waals surface area contributed by atoms with Crippen molar-refractivity contribution in [3.05, 3.63) is 23.4 Å². The van der Waals surface area contributed by atoms with Crippen LogP contribution in [0.4, 0.5) is 5.82 Å². The predicted octanol–water partition coefficient (Wildman–Crippen LogP) is 3.34. The lowest BCUT2D eigenvalue weighted by atomic mass is 10.1. The number of likely N-dealkylation sites (tertiary alicyclic amines) is 1. The van der Waals surface area contributed by atoms with Crippen LogP contribution in [0.25, 0.3) is 0 Å². The molecule has 1 aliphatic heterocycles. The van der Waals surface area contributed by atoms with Gasteiger partial charge in [0, 0.05) is 30.4 Å². The summed E-state index contributed by atoms with van der Waals surface area (Å²) in [6, 6.07) is 4.17. The summed E-state index contributed by atoms with van der Waals surface area (Å²) in [6.45, 7) is 10.3. The van der Waals surface area contributed by atoms with E-state index in [1.807, 2.05) is 17.0 Å². The Labute approximate surface area is 127 Å². The van der Waals surface area contributed by atoms with E-state index in [1.54, 1.807) is 0 Å². The number of hydrogen-bond donors (Lipinski definition) is 1. The molecule has 1 aromatic rings. The van der Waals surface area contributed by atoms with Gasteiger partial charge in [0.2, 0.25) is 0 Å². The van der Waals surface area contributed by atoms with Crippen LogP contribution in [0.3, 0.4) is 0 Å². The van der Waals surface area contributed by atoms with Crippen LogP contribution in [-0.4, -0.2) is 34.9 Å². The van der Waals surface area contributed by atoms with Gasteiger partial charge in [-0.15, -0.1) is 0 Å². The van der Waals surface area contributed by atoms with Crippen LogP contribution in [-0.2, 0) is 6.42 Å². The molecule has 2 atom stereocenters. The molecule has 4 heteroatoms. The third kappa shape index (κ3) is 3.74. The molecule has 4 nitrogen and oxygen atoms in total. The monoisotopic (exact) mass is 289 g/mol. The Morgan fingerprint density at radius 3 is 2.71 bits per heavy atom. The van der Waals surface area contributed by atoms with E-state index in [9.17, 15) is 4.79 Å². The van der Waals surface area contributed by atoms with Gasteiger partial charge in [-0.05, 0) is 44.2 Å². The van der Waals surface area contributed by atoms with Crippen molar-refractivity contribution in [1.29, 1.82) is 0 Å². The summed E-state index contributed by atoms with van der Waals surface area (Å²) in [4.78, 5) is 19.3. The van der Waals surface area contributed by atoms with Crippen molar-refractivity contribution in [3.63, 3.8) is 0 Å². The zero-order chi connectivity index (χ0) is 15.4. The van der Waals surface area contributed by atoms with Crippen LogP contribution < -0.4 is 5.32 Å². The van der Waals surface area contributed by atoms with E-state index in [0.29, 0.717) is 12.0 Å². The normalized spacial score (nSPS) is 21.6. The average molecular weight is 289 g/mol. The lowest BCUT2D eigenvalue weighted by molar-refractivity contribution is 0.0743. The molecule has 1 fully saturated rings. The van der Waals surface area contributed by atoms with E-state index >= 15 is 0 Å². The first kappa shape index (κ1) is 15.8. The molecule has 2 heterocycles. The quantitative estimate of drug-likeness (QED) is 0.904. The molecule has 1 aliphatic rings. The highest BCUT2D eigenvalue weighted by atomic mass is 16.2. The van der Waals surface area contributed by atoms with Gasteiger partial charge in [0.25, 0.3) is 5.91 Å². The van der Waals surface area contributed by atoms with Gasteiger partial charge in [0.1, 0.15) is 5.82 Å². The number of rotatable bonds is 5. The zero-order valence-corrected chi connectivity index (χ0v) is 13.6. The van der Waals surface area contributed by atoms with Gasteiger partial charge in [0.05, 0.1) is 0 Å². The fourth-order valence-corrected chi connectivity index (χ4v) is 2.98. The topological polar surface area (TPSA) is 45.2 Å². The first-order chi connectivity index (χ1) is 10.0. The van der Waals surface area contributed by atoms with Gasteiger partial charge in [-0.2, -0.15) is 0 Å². The molecule has 1 aromatic heterocycles. The molecule has 21 heavy (non-hydrogen) atoms. The lowest BCUT2D eigenvalue weighted by Crippen LogP contribution is -2.34. The van der Waals surface area contributed by atoms with E-state index in [4.69, 9.17) is 0 Å². The highest BCUT2D eigenvalue weighted by Gasteiger charge is 2.30. The number of pyridine rings is 1. The molecule has 1 N–H and O–H groups in total. The Kier molecular flexibility index (Phi) is 5.21. The summed E-state index contributed by atoms with van der Waals surface area (Å²) in [5.41, 5.74) is 1.74. The molecule has 2 unspecified atom stereocenters. The molecule has 0 spiro atoms. The smallest absolute Gasteiger partial charge is 0.254 e. The number of carbonyl (C=O) groups excluding carboxylic acids is 1. The Bertz CT molecular complexity index is 501. The van der Waals surface area contributed by atoms with E-state index in [0.717, 1.165) is 49.4 Å². The summed E-state index contributed by atoms with van der Waals surface area (Å²) >= 11 is 0. The molecule has 0 bridgehead atoms. The number of aromatic nitrogens is 1. The Balaban J connectivity index is 2.23. The summed E-state index contributed by atoms with van der Waals surface area (Å²) in [7, 11) is 0. The molecular weight excluding hydrogens is 262 g/mol. The minimum Gasteiger partial charge on any atom is -0.370 e. The molecule has 0 aromatic carbocycles. The van der Waals surface area contributed by atoms with Crippen LogP contribution in [0.5, 0.6) is 0 Å². The highest BCUT2D eigenvalue weighted by Crippen LogP contribution is 2.25. The molecule has 1 saturated heterocycles. The maximum Gasteiger partial charge on any atom is 0.254 e. The minimum atomic E-state index is 0.142. The van der Waals surface area contributed by atoms with E-state index < -0.39 is 0 Å². The molecule has 2 rings (SSSR count). The van der Waals surface area contributed by atoms with E-state index in [1.165, 1.54) is 0 Å². The van der Waals surface area contributed by atoms with Crippen molar-refractivity contribution in [2.24, 2.45) is 5.92 Å². The molecular formula is C17H27N3O. The second kappa shape index (κ2) is 6.92. The number of nitrogens with zero attached hydrogens (tertiary/aromatic N) is 2. The van der Waals surface area contributed by atoms with E-state index in [2.05, 4.69) is 38.0 Å². The fourth-order valence-electron chi connectivity index (χ4n) is 2.98. The van der Waals surface area contributed by atoms with Crippen LogP contribution in [0.1, 0.15) is 56.6 Å². The maximum absolute atomic E-state index is 12.8. The van der Waals surface area contributed by atoms with Gasteiger partial charge in [0.15, 0.2) is 0 Å². The number of aryl methyl sites for hydroxylation is 1. The molecule has 0 saturated carbocycles. The van der Waals surface area contributed by atoms with Crippen molar-refractivity contribution < 1.29 is 4.79 Å². The number of carbonyl (C=O) groups is 1. The summed E-state index contributed by atoms with van der Waals surface area (Å²) in [6.07, 6.45) is 2.98. The highest BCUT2D eigenvalue weighted by molar-refractivity contribution is 5.95. The van der Waals surface area contributed by atoms with Gasteiger partial charge >= 0.3 is 0 Å². The fraction of sp³-hybridized carbons (Fsp3) is 0.647. The summed E-state index contributed by atoms with van der Waals surface area (Å²) < 4.78 is 0. The Morgan fingerprint density at radius 1 is 1.38 bits per heavy atom. The maximum atomic E-state index is 12.8. The van der Waals surface area contributed by atoms with Crippen molar-refractivity contribution in [2.45, 2.75) is 53.0 Å². The Hall–Kier alpha value is -1.58. The Morgan fingerprint density at radius 2 is 2.14 bits per heavy atom. The number of amides is 1. The average Bonchev–Trinajstić information content (AvgIpc) is 2.82. The van der Waals surface area contributed by atoms with Gasteiger partial charge in [-0.3, -0.25) is 4.79 Å². The third-order valence-electron chi connectivity index (χ3n) is 4.09. The van der Waals surface area contributed by atoms with Gasteiger partial charge in [-0.25, -0.2) is 4.98 Å². The summed E-state index contributed by atoms with van der Waals surface area (Å²) in [5, 5.41) is 3.29. The number of anilines is 1. The SMILES string of the molecule is CCCNc1cc(C(=O)N2CC(C)CC2C)cc(CC)n1. The molecule has 0 radical (unpaired) electrons. The van der Waals surface area contributed by atoms with Crippen LogP contribution >= 0.6 is 0 Å². The molecule has 1 amide bonds. The predicted molar refractivity (Wildman–Crippen MR) is 86.7 cm³/mol. The summed E-state index contributed by atoms with van der Waals surface area (Å²) in [5.74, 6) is 1.55. The van der Waals surface area contributed by atoms with Crippen molar-refractivity contribution in [3.8, 4) is 0 Å². The first-order valence-electron chi connectivity index (χ1n) is 8.10. The second-order valence-corrected chi connectivity index (χ2v) is 6.16. The molecule has 0 aliphatic carbocycles. The zero-order valence-electron chi connectivity index (χ0n) is 13.6. The second-order valence-electron chi connectivity index (χ2n) is 6.16. The van der Waals surface area contributed by atoms with Gasteiger partial charge in [-0.1, -0.05) is 20.8 Å². The standard InChI is InChI=1S/C17H27N3O/c1-5-7-18-16-10-14(9-15(6-2)19-16)17(21)20-11-12(3)8-13(20)4/h9-10,12-13H,5-8,11H2,1-4H3,(H,18,19). The first-order valence-corrected chi connectivity index (χ1v) is 8.10. The van der Waals surface area contributed by atoms with Gasteiger partial charge < -0.3 is 10.2 Å². The third-order valence-corrected chi connectivity index (χ3v) is 4.09. The van der Waals surface area contributed by atoms with Crippen molar-refractivity contribution in [2.75, 3.05) is 18.4 Å².